The van der Waals surface area contributed by atoms with Crippen molar-refractivity contribution in [2.75, 3.05) is 31.5 Å². The van der Waals surface area contributed by atoms with Gasteiger partial charge in [0.1, 0.15) is 17.9 Å². The minimum Gasteiger partial charge on any atom is -0.366 e. The lowest BCUT2D eigenvalue weighted by atomic mass is 10.1. The molecule has 2 atom stereocenters. The zero-order valence-electron chi connectivity index (χ0n) is 14.1. The fraction of sp³-hybridized carbons (Fsp3) is 0.625. The maximum absolute atomic E-state index is 12.7. The predicted molar refractivity (Wildman–Crippen MR) is 83.9 cm³/mol. The molecule has 3 heterocycles. The Morgan fingerprint density at radius 1 is 1.15 bits per heavy atom. The van der Waals surface area contributed by atoms with E-state index < -0.39 is 30.4 Å². The van der Waals surface area contributed by atoms with Gasteiger partial charge in [0.15, 0.2) is 0 Å². The van der Waals surface area contributed by atoms with Crippen molar-refractivity contribution in [3.05, 3.63) is 23.9 Å². The van der Waals surface area contributed by atoms with Crippen molar-refractivity contribution in [2.24, 2.45) is 0 Å². The fourth-order valence-corrected chi connectivity index (χ4v) is 3.54. The van der Waals surface area contributed by atoms with E-state index in [-0.39, 0.29) is 31.0 Å². The number of carbonyl (C=O) groups excluding carboxylic acids is 1. The van der Waals surface area contributed by atoms with Crippen molar-refractivity contribution in [3.63, 3.8) is 0 Å². The number of hydrogen-bond acceptors (Lipinski definition) is 4. The van der Waals surface area contributed by atoms with Gasteiger partial charge in [0.2, 0.25) is 5.91 Å². The topological polar surface area (TPSA) is 48.5 Å². The van der Waals surface area contributed by atoms with E-state index in [1.54, 1.807) is 0 Å². The Kier molecular flexibility index (Phi) is 5.24. The highest BCUT2D eigenvalue weighted by molar-refractivity contribution is 5.77. The van der Waals surface area contributed by atoms with Crippen LogP contribution in [0.3, 0.4) is 0 Å². The largest absolute Gasteiger partial charge is 0.433 e. The average molecular weight is 396 g/mol. The number of hydrogen-bond donors (Lipinski definition) is 1. The first kappa shape index (κ1) is 19.7. The normalized spacial score (nSPS) is 24.0. The Hall–Kier alpha value is -2.04. The van der Waals surface area contributed by atoms with Gasteiger partial charge in [-0.3, -0.25) is 9.69 Å². The molecule has 3 rings (SSSR count). The number of nitrogens with zero attached hydrogens (tertiary/aromatic N) is 3. The van der Waals surface area contributed by atoms with E-state index in [0.29, 0.717) is 19.5 Å². The van der Waals surface area contributed by atoms with E-state index >= 15 is 0 Å². The van der Waals surface area contributed by atoms with Crippen LogP contribution in [-0.4, -0.2) is 65.1 Å². The van der Waals surface area contributed by atoms with Crippen molar-refractivity contribution in [1.82, 2.24) is 14.8 Å². The third-order valence-electron chi connectivity index (χ3n) is 4.71. The monoisotopic (exact) mass is 396 g/mol. The second-order valence-corrected chi connectivity index (χ2v) is 6.76. The minimum absolute atomic E-state index is 0.0969. The maximum atomic E-state index is 12.7. The van der Waals surface area contributed by atoms with Crippen LogP contribution in [0.5, 0.6) is 0 Å². The van der Waals surface area contributed by atoms with E-state index in [1.807, 2.05) is 4.90 Å². The average Bonchev–Trinajstić information content (AvgIpc) is 2.94. The van der Waals surface area contributed by atoms with Crippen molar-refractivity contribution in [2.45, 2.75) is 37.3 Å². The molecule has 1 aromatic heterocycles. The van der Waals surface area contributed by atoms with Crippen LogP contribution in [-0.2, 0) is 11.0 Å². The third kappa shape index (κ3) is 5.02. The number of nitrogens with one attached hydrogen (secondary N) is 1. The highest BCUT2D eigenvalue weighted by Gasteiger charge is 2.40. The number of carbonyl (C=O) groups is 1. The summed E-state index contributed by atoms with van der Waals surface area (Å²) in [6.45, 7) is 1.36. The third-order valence-corrected chi connectivity index (χ3v) is 4.71. The second-order valence-electron chi connectivity index (χ2n) is 6.76. The number of pyridine rings is 1. The maximum Gasteiger partial charge on any atom is 0.433 e. The Balaban J connectivity index is 1.58. The van der Waals surface area contributed by atoms with Gasteiger partial charge in [-0.05, 0) is 18.6 Å². The Labute approximate surface area is 151 Å². The van der Waals surface area contributed by atoms with Gasteiger partial charge in [-0.1, -0.05) is 6.07 Å². The molecule has 0 bridgehead atoms. The van der Waals surface area contributed by atoms with E-state index in [2.05, 4.69) is 10.3 Å². The van der Waals surface area contributed by atoms with Crippen LogP contribution in [0.15, 0.2) is 18.2 Å². The number of anilines is 1. The number of halogens is 6. The molecule has 0 aromatic carbocycles. The van der Waals surface area contributed by atoms with E-state index in [0.717, 1.165) is 6.07 Å². The molecule has 2 aliphatic heterocycles. The van der Waals surface area contributed by atoms with Gasteiger partial charge in [0, 0.05) is 38.3 Å². The Bertz CT molecular complexity index is 692. The van der Waals surface area contributed by atoms with Gasteiger partial charge < -0.3 is 10.2 Å². The molecule has 0 unspecified atom stereocenters. The molecule has 2 aliphatic rings. The van der Waals surface area contributed by atoms with Gasteiger partial charge in [0.25, 0.3) is 0 Å². The number of alkyl halides is 6. The summed E-state index contributed by atoms with van der Waals surface area (Å²) in [5.74, 6) is -0.849. The molecule has 27 heavy (non-hydrogen) atoms. The molecule has 2 fully saturated rings. The van der Waals surface area contributed by atoms with Crippen LogP contribution in [0.4, 0.5) is 32.2 Å². The summed E-state index contributed by atoms with van der Waals surface area (Å²) in [6.07, 6.45) is -10.0. The first-order valence-electron chi connectivity index (χ1n) is 8.40. The second kappa shape index (κ2) is 7.17. The number of aromatic nitrogens is 1. The van der Waals surface area contributed by atoms with Crippen molar-refractivity contribution >= 4 is 11.7 Å². The molecule has 1 aromatic rings. The van der Waals surface area contributed by atoms with Crippen LogP contribution in [0.1, 0.15) is 18.5 Å². The molecule has 0 saturated carbocycles. The fourth-order valence-electron chi connectivity index (χ4n) is 3.54. The van der Waals surface area contributed by atoms with E-state index in [9.17, 15) is 31.1 Å². The molecular formula is C16H18F6N4O. The lowest BCUT2D eigenvalue weighted by Gasteiger charge is -2.37. The lowest BCUT2D eigenvalue weighted by Crippen LogP contribution is -2.52. The van der Waals surface area contributed by atoms with Crippen LogP contribution < -0.4 is 5.32 Å². The number of rotatable bonds is 3. The molecule has 150 valence electrons. The molecule has 5 nitrogen and oxygen atoms in total. The lowest BCUT2D eigenvalue weighted by molar-refractivity contribution is -0.163. The Morgan fingerprint density at radius 3 is 2.56 bits per heavy atom. The summed E-state index contributed by atoms with van der Waals surface area (Å²) in [5.41, 5.74) is -0.993. The highest BCUT2D eigenvalue weighted by Crippen LogP contribution is 2.30. The molecular weight excluding hydrogens is 378 g/mol. The SMILES string of the molecule is O=C(CC(F)(F)F)N1CCN2C[C@@H](Nc3cccc(C(F)(F)F)n3)C[C@H]2C1. The van der Waals surface area contributed by atoms with Gasteiger partial charge in [-0.2, -0.15) is 26.3 Å². The smallest absolute Gasteiger partial charge is 0.366 e. The minimum atomic E-state index is -4.54. The van der Waals surface area contributed by atoms with Gasteiger partial charge >= 0.3 is 12.4 Å². The van der Waals surface area contributed by atoms with Crippen LogP contribution >= 0.6 is 0 Å². The summed E-state index contributed by atoms with van der Waals surface area (Å²) < 4.78 is 75.4. The van der Waals surface area contributed by atoms with Gasteiger partial charge in [-0.15, -0.1) is 0 Å². The Morgan fingerprint density at radius 2 is 1.89 bits per heavy atom. The zero-order valence-corrected chi connectivity index (χ0v) is 14.1. The first-order chi connectivity index (χ1) is 12.5. The highest BCUT2D eigenvalue weighted by atomic mass is 19.4. The van der Waals surface area contributed by atoms with Crippen LogP contribution in [0, 0.1) is 0 Å². The molecule has 1 amide bonds. The molecule has 11 heteroatoms. The summed E-state index contributed by atoms with van der Waals surface area (Å²) >= 11 is 0. The summed E-state index contributed by atoms with van der Waals surface area (Å²) in [5, 5.41) is 2.96. The predicted octanol–water partition coefficient (Wildman–Crippen LogP) is 2.75. The molecule has 2 saturated heterocycles. The van der Waals surface area contributed by atoms with Gasteiger partial charge in [0.05, 0.1) is 0 Å². The summed E-state index contributed by atoms with van der Waals surface area (Å²) in [6, 6.07) is 3.26. The summed E-state index contributed by atoms with van der Waals surface area (Å²) in [7, 11) is 0. The van der Waals surface area contributed by atoms with Crippen molar-refractivity contribution < 1.29 is 31.1 Å². The van der Waals surface area contributed by atoms with E-state index in [4.69, 9.17) is 0 Å². The number of amides is 1. The van der Waals surface area contributed by atoms with Gasteiger partial charge in [-0.25, -0.2) is 4.98 Å². The molecule has 1 N–H and O–H groups in total. The molecule has 0 aliphatic carbocycles. The van der Waals surface area contributed by atoms with E-state index in [1.165, 1.54) is 17.0 Å². The molecule has 0 radical (unpaired) electrons. The molecule has 0 spiro atoms. The van der Waals surface area contributed by atoms with Crippen LogP contribution in [0.25, 0.3) is 0 Å². The van der Waals surface area contributed by atoms with Crippen LogP contribution in [0.2, 0.25) is 0 Å². The first-order valence-corrected chi connectivity index (χ1v) is 8.40. The summed E-state index contributed by atoms with van der Waals surface area (Å²) in [4.78, 5) is 18.6. The van der Waals surface area contributed by atoms with Crippen molar-refractivity contribution in [3.8, 4) is 0 Å². The number of piperazine rings is 1. The standard InChI is InChI=1S/C16H18F6N4O/c17-15(18,19)7-14(27)26-5-4-25-8-10(6-11(25)9-26)23-13-3-1-2-12(24-13)16(20,21)22/h1-3,10-11H,4-9H2,(H,23,24)/t10-,11-/m0/s1. The number of fused-ring (bicyclic) bond motifs is 1. The van der Waals surface area contributed by atoms with Crippen molar-refractivity contribution in [1.29, 1.82) is 0 Å². The zero-order chi connectivity index (χ0) is 19.8. The quantitative estimate of drug-likeness (QED) is 0.799.